The van der Waals surface area contributed by atoms with Crippen molar-refractivity contribution in [2.24, 2.45) is 0 Å². The van der Waals surface area contributed by atoms with Crippen molar-refractivity contribution in [1.29, 1.82) is 0 Å². The predicted molar refractivity (Wildman–Crippen MR) is 232 cm³/mol. The van der Waals surface area contributed by atoms with Gasteiger partial charge in [0.05, 0.1) is 15.1 Å². The zero-order valence-electron chi connectivity index (χ0n) is 39.8. The fraction of sp³-hybridized carbons (Fsp3) is 0. The van der Waals surface area contributed by atoms with E-state index in [1.165, 1.54) is 0 Å². The molecule has 3 nitrogen and oxygen atoms in total. The highest BCUT2D eigenvalue weighted by atomic mass is 32.1. The molecule has 0 bridgehead atoms. The van der Waals surface area contributed by atoms with Crippen LogP contribution in [0.2, 0.25) is 0 Å². The lowest BCUT2D eigenvalue weighted by Gasteiger charge is -2.12. The van der Waals surface area contributed by atoms with Crippen LogP contribution in [0.4, 0.5) is 0 Å². The van der Waals surface area contributed by atoms with Gasteiger partial charge in [0.1, 0.15) is 0 Å². The minimum atomic E-state index is -0.654. The molecule has 0 saturated heterocycles. The van der Waals surface area contributed by atoms with Crippen LogP contribution >= 0.6 is 11.3 Å². The van der Waals surface area contributed by atoms with Crippen LogP contribution in [0.25, 0.3) is 109 Å². The third-order valence-electron chi connectivity index (χ3n) is 9.91. The molecule has 0 N–H and O–H groups in total. The fourth-order valence-corrected chi connectivity index (χ4v) is 8.31. The van der Waals surface area contributed by atoms with Crippen molar-refractivity contribution in [2.75, 3.05) is 0 Å². The summed E-state index contributed by atoms with van der Waals surface area (Å²) in [6.07, 6.45) is 0. The number of hydrogen-bond donors (Lipinski definition) is 0. The quantitative estimate of drug-likeness (QED) is 0.166. The number of benzene rings is 9. The Kier molecular flexibility index (Phi) is 5.20. The lowest BCUT2D eigenvalue weighted by Crippen LogP contribution is -2.00. The fourth-order valence-electron chi connectivity index (χ4n) is 7.29. The number of rotatable bonds is 5. The first-order valence-electron chi connectivity index (χ1n) is 23.1. The molecule has 0 saturated carbocycles. The molecule has 11 aromatic rings. The minimum Gasteiger partial charge on any atom is -0.208 e. The van der Waals surface area contributed by atoms with Crippen LogP contribution in [0.15, 0.2) is 188 Å². The Morgan fingerprint density at radius 1 is 0.382 bits per heavy atom. The van der Waals surface area contributed by atoms with Crippen molar-refractivity contribution in [3.63, 3.8) is 0 Å². The number of aromatic nitrogens is 3. The lowest BCUT2D eigenvalue weighted by atomic mass is 9.96. The highest BCUT2D eigenvalue weighted by Crippen LogP contribution is 2.42. The van der Waals surface area contributed by atoms with Gasteiger partial charge in [-0.2, -0.15) is 0 Å². The Labute approximate surface area is 337 Å². The molecule has 256 valence electrons. The maximum atomic E-state index is 9.73. The van der Waals surface area contributed by atoms with Crippen molar-refractivity contribution in [1.82, 2.24) is 15.0 Å². The van der Waals surface area contributed by atoms with Gasteiger partial charge < -0.3 is 0 Å². The Hall–Kier alpha value is -7.01. The molecule has 4 heteroatoms. The van der Waals surface area contributed by atoms with E-state index in [1.807, 2.05) is 84.9 Å². The maximum absolute atomic E-state index is 9.73. The number of thiophene rings is 1. The van der Waals surface area contributed by atoms with Crippen LogP contribution in [0.1, 0.15) is 15.1 Å². The first-order chi connectivity index (χ1) is 31.8. The van der Waals surface area contributed by atoms with Crippen molar-refractivity contribution >= 4 is 63.8 Å². The van der Waals surface area contributed by atoms with E-state index in [1.54, 1.807) is 0 Å². The zero-order chi connectivity index (χ0) is 45.9. The number of nitrogens with zero attached hydrogens (tertiary/aromatic N) is 3. The van der Waals surface area contributed by atoms with Gasteiger partial charge in [-0.15, -0.1) is 11.3 Å². The molecular formula is C51H31N3S. The molecule has 0 radical (unpaired) electrons. The van der Waals surface area contributed by atoms with Crippen molar-refractivity contribution in [3.8, 4) is 56.4 Å². The second-order valence-corrected chi connectivity index (χ2v) is 14.2. The molecule has 0 fully saturated rings. The molecule has 9 aromatic carbocycles. The molecule has 0 amide bonds. The average molecular weight is 729 g/mol. The summed E-state index contributed by atoms with van der Waals surface area (Å²) in [6.45, 7) is 0. The number of fused-ring (bicyclic) bond motifs is 8. The van der Waals surface area contributed by atoms with Gasteiger partial charge in [0, 0.05) is 36.9 Å². The summed E-state index contributed by atoms with van der Waals surface area (Å²) in [4.78, 5) is 14.9. The van der Waals surface area contributed by atoms with Crippen molar-refractivity contribution < 1.29 is 15.1 Å². The highest BCUT2D eigenvalue weighted by molar-refractivity contribution is 7.26. The summed E-state index contributed by atoms with van der Waals surface area (Å²) in [5, 5.41) is 6.32. The molecule has 11 rings (SSSR count). The largest absolute Gasteiger partial charge is 0.208 e. The Balaban J connectivity index is 1.19. The molecule has 0 aliphatic rings. The summed E-state index contributed by atoms with van der Waals surface area (Å²) in [7, 11) is 0. The normalized spacial score (nSPS) is 14.4. The lowest BCUT2D eigenvalue weighted by molar-refractivity contribution is 1.08. The van der Waals surface area contributed by atoms with Crippen LogP contribution in [0.5, 0.6) is 0 Å². The van der Waals surface area contributed by atoms with Gasteiger partial charge in [0.15, 0.2) is 17.5 Å². The van der Waals surface area contributed by atoms with Gasteiger partial charge >= 0.3 is 0 Å². The predicted octanol–water partition coefficient (Wildman–Crippen LogP) is 14.0. The van der Waals surface area contributed by atoms with Gasteiger partial charge in [-0.25, -0.2) is 15.0 Å². The smallest absolute Gasteiger partial charge is 0.164 e. The van der Waals surface area contributed by atoms with Crippen LogP contribution in [-0.4, -0.2) is 15.0 Å². The van der Waals surface area contributed by atoms with Gasteiger partial charge in [-0.3, -0.25) is 0 Å². The van der Waals surface area contributed by atoms with Crippen LogP contribution in [-0.2, 0) is 0 Å². The van der Waals surface area contributed by atoms with E-state index in [-0.39, 0.29) is 66.4 Å². The Morgan fingerprint density at radius 3 is 1.89 bits per heavy atom. The first kappa shape index (κ1) is 22.3. The molecule has 2 heterocycles. The molecule has 0 unspecified atom stereocenters. The topological polar surface area (TPSA) is 38.7 Å². The summed E-state index contributed by atoms with van der Waals surface area (Å²) >= 11 is 0.899. The number of hydrogen-bond acceptors (Lipinski definition) is 4. The molecule has 2 aromatic heterocycles. The van der Waals surface area contributed by atoms with E-state index < -0.39 is 54.4 Å². The van der Waals surface area contributed by atoms with E-state index >= 15 is 0 Å². The molecule has 0 aliphatic carbocycles. The molecule has 0 spiro atoms. The van der Waals surface area contributed by atoms with E-state index in [9.17, 15) is 4.11 Å². The SMILES string of the molecule is [2H]c1c([2H])c([2H])c(-c2c([2H])c([2H])c([2H])c3sc4c([2H])c(-c5nc(-c6cccc(-c7ccccc7)c6)nc(-c6ccc7ccc8c9ccccc9ccc8c7c6)n5)c([2H])c([2H])c4c23)c([2H])c1[2H]. The average Bonchev–Trinajstić information content (AvgIpc) is 3.76. The molecular weight excluding hydrogens is 687 g/mol. The monoisotopic (exact) mass is 728 g/mol. The zero-order valence-corrected chi connectivity index (χ0v) is 29.6. The molecule has 0 atom stereocenters. The second kappa shape index (κ2) is 12.8. The summed E-state index contributed by atoms with van der Waals surface area (Å²) in [5.41, 5.74) is 2.47. The highest BCUT2D eigenvalue weighted by Gasteiger charge is 2.17. The molecule has 55 heavy (non-hydrogen) atoms. The van der Waals surface area contributed by atoms with Gasteiger partial charge in [-0.05, 0) is 78.8 Å². The summed E-state index contributed by atoms with van der Waals surface area (Å²) in [5.74, 6) is 0.468. The third-order valence-corrected chi connectivity index (χ3v) is 10.9. The van der Waals surface area contributed by atoms with Crippen LogP contribution in [0, 0.1) is 0 Å². The Bertz CT molecular complexity index is 3880. The standard InChI is InChI=1S/C51H31N3S/c1-3-11-32(12-4-1)36-16-9-17-37(29-36)49-52-50(38-22-21-35-24-26-42-40-18-8-7-15-34(40)23-27-43(42)45(35)30-38)54-51(53-49)39-25-28-44-47(31-39)55-46-20-10-19-41(48(44)46)33-13-5-2-6-14-33/h1-31H/i2D,5D,6D,10D,13D,14D,19D,20D,25D,28D,31D. The second-order valence-electron chi connectivity index (χ2n) is 13.1. The first-order valence-corrected chi connectivity index (χ1v) is 18.4. The van der Waals surface area contributed by atoms with Crippen molar-refractivity contribution in [3.05, 3.63) is 188 Å². The van der Waals surface area contributed by atoms with E-state index in [2.05, 4.69) is 36.4 Å². The summed E-state index contributed by atoms with van der Waals surface area (Å²) in [6, 6.07) is 34.3. The minimum absolute atomic E-state index is 0.0102. The van der Waals surface area contributed by atoms with Gasteiger partial charge in [0.2, 0.25) is 0 Å². The Morgan fingerprint density at radius 2 is 1.05 bits per heavy atom. The van der Waals surface area contributed by atoms with E-state index in [0.717, 1.165) is 54.8 Å². The van der Waals surface area contributed by atoms with Gasteiger partial charge in [-0.1, -0.05) is 164 Å². The van der Waals surface area contributed by atoms with E-state index in [4.69, 9.17) is 25.9 Å². The third kappa shape index (κ3) is 5.46. The summed E-state index contributed by atoms with van der Waals surface area (Å²) < 4.78 is 98.1. The van der Waals surface area contributed by atoms with Crippen molar-refractivity contribution in [2.45, 2.75) is 0 Å². The van der Waals surface area contributed by atoms with Gasteiger partial charge in [0.25, 0.3) is 0 Å². The van der Waals surface area contributed by atoms with Crippen LogP contribution in [0.3, 0.4) is 0 Å². The van der Waals surface area contributed by atoms with E-state index in [0.29, 0.717) is 11.1 Å². The maximum Gasteiger partial charge on any atom is 0.164 e. The molecule has 0 aliphatic heterocycles. The van der Waals surface area contributed by atoms with Crippen LogP contribution < -0.4 is 0 Å².